The number of aromatic nitrogens is 2. The first-order chi connectivity index (χ1) is 16.7. The van der Waals surface area contributed by atoms with Crippen molar-refractivity contribution >= 4 is 23.9 Å². The lowest BCUT2D eigenvalue weighted by Gasteiger charge is -2.19. The van der Waals surface area contributed by atoms with Crippen molar-refractivity contribution in [3.8, 4) is 0 Å². The second-order valence-electron chi connectivity index (χ2n) is 7.80. The number of aliphatic carboxylic acids is 1. The maximum atomic E-state index is 12.6. The molecule has 0 fully saturated rings. The van der Waals surface area contributed by atoms with Gasteiger partial charge in [0.25, 0.3) is 0 Å². The van der Waals surface area contributed by atoms with Crippen LogP contribution in [0, 0.1) is 0 Å². The molecule has 190 valence electrons. The van der Waals surface area contributed by atoms with Gasteiger partial charge in [-0.1, -0.05) is 35.5 Å². The van der Waals surface area contributed by atoms with Crippen LogP contribution in [-0.4, -0.2) is 51.7 Å². The number of carboxylic acids is 1. The highest BCUT2D eigenvalue weighted by Crippen LogP contribution is 2.20. The summed E-state index contributed by atoms with van der Waals surface area (Å²) in [6.07, 6.45) is 1.09. The van der Waals surface area contributed by atoms with Crippen LogP contribution in [0.2, 0.25) is 0 Å². The molecule has 1 aromatic carbocycles. The number of carbonyl (C=O) groups is 3. The maximum absolute atomic E-state index is 12.6. The number of primary amides is 1. The van der Waals surface area contributed by atoms with E-state index in [1.165, 1.54) is 0 Å². The number of rotatable bonds is 14. The van der Waals surface area contributed by atoms with E-state index in [1.807, 2.05) is 0 Å². The Bertz CT molecular complexity index is 1010. The molecule has 0 spiro atoms. The summed E-state index contributed by atoms with van der Waals surface area (Å²) in [5.41, 5.74) is 22.6. The molecule has 14 heteroatoms. The van der Waals surface area contributed by atoms with Crippen LogP contribution in [0.15, 0.2) is 39.8 Å². The molecule has 3 amide bonds. The highest BCUT2D eigenvalue weighted by molar-refractivity contribution is 5.83. The third-order valence-electron chi connectivity index (χ3n) is 4.93. The molecular formula is C21H31N9O5. The van der Waals surface area contributed by atoms with Crippen molar-refractivity contribution in [3.63, 3.8) is 0 Å². The molecule has 1 aromatic heterocycles. The third kappa shape index (κ3) is 9.67. The van der Waals surface area contributed by atoms with Crippen molar-refractivity contribution < 1.29 is 24.0 Å². The summed E-state index contributed by atoms with van der Waals surface area (Å²) in [6, 6.07) is 5.41. The topological polar surface area (TPSA) is 251 Å². The predicted octanol–water partition coefficient (Wildman–Crippen LogP) is -0.575. The van der Waals surface area contributed by atoms with Crippen LogP contribution in [-0.2, 0) is 16.0 Å². The summed E-state index contributed by atoms with van der Waals surface area (Å²) in [5, 5.41) is 18.4. The Balaban J connectivity index is 2.05. The van der Waals surface area contributed by atoms with Gasteiger partial charge in [-0.05, 0) is 24.8 Å². The Hall–Kier alpha value is -4.20. The summed E-state index contributed by atoms with van der Waals surface area (Å²) in [4.78, 5) is 43.7. The number of hydrogen-bond acceptors (Lipinski definition) is 8. The van der Waals surface area contributed by atoms with Crippen LogP contribution >= 0.6 is 0 Å². The minimum absolute atomic E-state index is 0.00556. The summed E-state index contributed by atoms with van der Waals surface area (Å²) in [5.74, 6) is -1.62. The zero-order valence-electron chi connectivity index (χ0n) is 19.1. The van der Waals surface area contributed by atoms with E-state index in [9.17, 15) is 19.5 Å². The molecule has 0 saturated carbocycles. The van der Waals surface area contributed by atoms with Gasteiger partial charge in [0, 0.05) is 19.4 Å². The molecule has 35 heavy (non-hydrogen) atoms. The fraction of sp³-hybridized carbons (Fsp3) is 0.429. The fourth-order valence-electron chi connectivity index (χ4n) is 3.14. The van der Waals surface area contributed by atoms with Crippen LogP contribution in [0.25, 0.3) is 0 Å². The van der Waals surface area contributed by atoms with E-state index in [4.69, 9.17) is 27.5 Å². The number of aliphatic imine (C=N–C) groups is 1. The molecule has 1 heterocycles. The van der Waals surface area contributed by atoms with Crippen molar-refractivity contribution in [2.24, 2.45) is 27.9 Å². The molecule has 0 bridgehead atoms. The Morgan fingerprint density at radius 2 is 1.80 bits per heavy atom. The van der Waals surface area contributed by atoms with E-state index in [2.05, 4.69) is 25.8 Å². The van der Waals surface area contributed by atoms with Crippen LogP contribution in [0.3, 0.4) is 0 Å². The Labute approximate surface area is 201 Å². The zero-order valence-corrected chi connectivity index (χ0v) is 19.1. The Morgan fingerprint density at radius 1 is 1.09 bits per heavy atom. The Morgan fingerprint density at radius 3 is 2.43 bits per heavy atom. The average molecular weight is 490 g/mol. The first kappa shape index (κ1) is 27.0. The number of guanidine groups is 1. The van der Waals surface area contributed by atoms with Gasteiger partial charge in [-0.3, -0.25) is 9.79 Å². The van der Waals surface area contributed by atoms with Gasteiger partial charge in [-0.15, -0.1) is 0 Å². The molecule has 14 nitrogen and oxygen atoms in total. The van der Waals surface area contributed by atoms with Crippen molar-refractivity contribution in [3.05, 3.63) is 47.6 Å². The largest absolute Gasteiger partial charge is 0.480 e. The van der Waals surface area contributed by atoms with Gasteiger partial charge in [-0.25, -0.2) is 9.59 Å². The normalized spacial score (nSPS) is 13.3. The monoisotopic (exact) mass is 489 g/mol. The number of carbonyl (C=O) groups excluding carboxylic acids is 2. The number of carboxylic acid groups (broad SMARTS) is 1. The fourth-order valence-corrected chi connectivity index (χ4v) is 3.14. The van der Waals surface area contributed by atoms with Crippen molar-refractivity contribution in [1.82, 2.24) is 20.8 Å². The number of nitrogens with two attached hydrogens (primary N) is 4. The lowest BCUT2D eigenvalue weighted by Crippen LogP contribution is -2.48. The van der Waals surface area contributed by atoms with Gasteiger partial charge in [0.2, 0.25) is 11.8 Å². The number of nitrogens with one attached hydrogen (secondary N) is 2. The lowest BCUT2D eigenvalue weighted by molar-refractivity contribution is -0.139. The quantitative estimate of drug-likeness (QED) is 0.101. The van der Waals surface area contributed by atoms with E-state index in [1.54, 1.807) is 30.3 Å². The standard InChI is InChI=1S/C21H31N9O5/c22-13(7-4-10-26-20(24)25)17-29-18(35-30-17)14(8-9-16(23)31)27-21(34)28-15(19(32)33)11-12-5-2-1-3-6-12/h1-3,5-6,13-15H,4,7-11,22H2,(H2,23,31)(H,32,33)(H4,24,25,26)(H2,27,28,34)/t13-,14-,15-/m0/s1. The molecule has 0 saturated heterocycles. The Kier molecular flexibility index (Phi) is 10.4. The van der Waals surface area contributed by atoms with E-state index in [0.29, 0.717) is 19.4 Å². The van der Waals surface area contributed by atoms with Gasteiger partial charge in [0.15, 0.2) is 11.8 Å². The van der Waals surface area contributed by atoms with Gasteiger partial charge < -0.3 is 43.2 Å². The van der Waals surface area contributed by atoms with E-state index < -0.39 is 36.0 Å². The highest BCUT2D eigenvalue weighted by Gasteiger charge is 2.26. The molecule has 2 aromatic rings. The summed E-state index contributed by atoms with van der Waals surface area (Å²) in [7, 11) is 0. The molecule has 0 aliphatic rings. The van der Waals surface area contributed by atoms with Gasteiger partial charge in [0.05, 0.1) is 6.04 Å². The second-order valence-corrected chi connectivity index (χ2v) is 7.80. The summed E-state index contributed by atoms with van der Waals surface area (Å²) >= 11 is 0. The van der Waals surface area contributed by atoms with Crippen LogP contribution in [0.1, 0.15) is 55.0 Å². The van der Waals surface area contributed by atoms with Gasteiger partial charge in [-0.2, -0.15) is 4.98 Å². The maximum Gasteiger partial charge on any atom is 0.326 e. The molecule has 3 atom stereocenters. The lowest BCUT2D eigenvalue weighted by atomic mass is 10.1. The smallest absolute Gasteiger partial charge is 0.326 e. The van der Waals surface area contributed by atoms with Crippen molar-refractivity contribution in [1.29, 1.82) is 0 Å². The van der Waals surface area contributed by atoms with Crippen LogP contribution in [0.5, 0.6) is 0 Å². The van der Waals surface area contributed by atoms with E-state index in [0.717, 1.165) is 5.56 Å². The highest BCUT2D eigenvalue weighted by atomic mass is 16.5. The molecule has 0 aliphatic heterocycles. The zero-order chi connectivity index (χ0) is 25.8. The van der Waals surface area contributed by atoms with Gasteiger partial charge in [0.1, 0.15) is 12.1 Å². The molecule has 0 aliphatic carbocycles. The van der Waals surface area contributed by atoms with E-state index >= 15 is 0 Å². The molecule has 2 rings (SSSR count). The van der Waals surface area contributed by atoms with Crippen LogP contribution < -0.4 is 33.6 Å². The van der Waals surface area contributed by atoms with E-state index in [-0.39, 0.29) is 36.9 Å². The van der Waals surface area contributed by atoms with Crippen molar-refractivity contribution in [2.45, 2.75) is 50.2 Å². The first-order valence-corrected chi connectivity index (χ1v) is 10.9. The number of hydrogen-bond donors (Lipinski definition) is 7. The minimum atomic E-state index is -1.20. The average Bonchev–Trinajstić information content (AvgIpc) is 3.29. The predicted molar refractivity (Wildman–Crippen MR) is 126 cm³/mol. The molecule has 0 unspecified atom stereocenters. The number of amides is 3. The molecule has 0 radical (unpaired) electrons. The summed E-state index contributed by atoms with van der Waals surface area (Å²) in [6.45, 7) is 0.386. The second kappa shape index (κ2) is 13.5. The van der Waals surface area contributed by atoms with Crippen LogP contribution in [0.4, 0.5) is 4.79 Å². The SMILES string of the molecule is NC(=O)CC[C@H](NC(=O)N[C@@H](Cc1ccccc1)C(=O)O)c1nc([C@@H](N)CCCN=C(N)N)no1. The number of urea groups is 1. The number of benzene rings is 1. The first-order valence-electron chi connectivity index (χ1n) is 10.9. The van der Waals surface area contributed by atoms with Gasteiger partial charge >= 0.3 is 12.0 Å². The third-order valence-corrected chi connectivity index (χ3v) is 4.93. The summed E-state index contributed by atoms with van der Waals surface area (Å²) < 4.78 is 5.25. The number of nitrogens with zero attached hydrogens (tertiary/aromatic N) is 3. The minimum Gasteiger partial charge on any atom is -0.480 e. The molecular weight excluding hydrogens is 458 g/mol. The van der Waals surface area contributed by atoms with Crippen molar-refractivity contribution in [2.75, 3.05) is 6.54 Å². The molecule has 11 N–H and O–H groups in total.